The highest BCUT2D eigenvalue weighted by Crippen LogP contribution is 2.24. The molecule has 8 nitrogen and oxygen atoms in total. The van der Waals surface area contributed by atoms with Gasteiger partial charge in [0.15, 0.2) is 17.3 Å². The predicted octanol–water partition coefficient (Wildman–Crippen LogP) is 0.535. The van der Waals surface area contributed by atoms with Crippen LogP contribution in [0.25, 0.3) is 11.2 Å². The molecule has 1 aromatic carbocycles. The number of aromatic nitrogens is 4. The molecule has 2 atom stereocenters. The summed E-state index contributed by atoms with van der Waals surface area (Å²) >= 11 is 0. The Balaban J connectivity index is 1.83. The summed E-state index contributed by atoms with van der Waals surface area (Å²) in [6.45, 7) is 3.37. The highest BCUT2D eigenvalue weighted by molar-refractivity contribution is 5.81. The van der Waals surface area contributed by atoms with E-state index in [0.717, 1.165) is 12.1 Å². The Morgan fingerprint density at radius 3 is 2.79 bits per heavy atom. The molecule has 1 aliphatic heterocycles. The van der Waals surface area contributed by atoms with Crippen molar-refractivity contribution in [3.63, 3.8) is 0 Å². The molecule has 0 bridgehead atoms. The SMILES string of the molecule is CC1CNNC1c1nc(N)c2[nH]c(=O)n(Cc3ccccc3)c2n1. The number of benzene rings is 1. The van der Waals surface area contributed by atoms with Crippen LogP contribution >= 0.6 is 0 Å². The lowest BCUT2D eigenvalue weighted by atomic mass is 10.0. The number of hydrogen-bond donors (Lipinski definition) is 4. The van der Waals surface area contributed by atoms with Crippen molar-refractivity contribution in [1.82, 2.24) is 30.4 Å². The fourth-order valence-corrected chi connectivity index (χ4v) is 3.03. The van der Waals surface area contributed by atoms with E-state index < -0.39 is 0 Å². The molecular weight excluding hydrogens is 306 g/mol. The predicted molar refractivity (Wildman–Crippen MR) is 91.1 cm³/mol. The van der Waals surface area contributed by atoms with Crippen molar-refractivity contribution in [2.24, 2.45) is 5.92 Å². The first kappa shape index (κ1) is 14.9. The van der Waals surface area contributed by atoms with Gasteiger partial charge in [0.05, 0.1) is 12.6 Å². The van der Waals surface area contributed by atoms with E-state index in [4.69, 9.17) is 5.73 Å². The fraction of sp³-hybridized carbons (Fsp3) is 0.312. The Bertz CT molecular complexity index is 931. The maximum atomic E-state index is 12.3. The Morgan fingerprint density at radius 1 is 1.29 bits per heavy atom. The summed E-state index contributed by atoms with van der Waals surface area (Å²) in [5.41, 5.74) is 14.1. The number of H-pyrrole nitrogens is 1. The standard InChI is InChI=1S/C16H19N7O/c1-9-7-18-22-11(9)14-20-13(17)12-15(21-14)23(16(24)19-12)8-10-5-3-2-4-6-10/h2-6,9,11,18,22H,7-8H2,1H3,(H,19,24)(H2,17,20,21). The van der Waals surface area contributed by atoms with Crippen LogP contribution in [0, 0.1) is 5.92 Å². The molecule has 0 aliphatic carbocycles. The lowest BCUT2D eigenvalue weighted by molar-refractivity contribution is 0.483. The molecule has 3 aromatic rings. The zero-order valence-corrected chi connectivity index (χ0v) is 13.3. The maximum Gasteiger partial charge on any atom is 0.328 e. The van der Waals surface area contributed by atoms with Crippen molar-refractivity contribution >= 4 is 17.0 Å². The number of hydrazine groups is 1. The number of nitrogens with two attached hydrogens (primary N) is 1. The number of hydrogen-bond acceptors (Lipinski definition) is 6. The molecule has 0 saturated carbocycles. The first-order valence-corrected chi connectivity index (χ1v) is 7.91. The minimum Gasteiger partial charge on any atom is -0.382 e. The van der Waals surface area contributed by atoms with Crippen LogP contribution in [0.1, 0.15) is 24.4 Å². The molecule has 1 aliphatic rings. The van der Waals surface area contributed by atoms with Gasteiger partial charge in [-0.25, -0.2) is 20.2 Å². The smallest absolute Gasteiger partial charge is 0.328 e. The van der Waals surface area contributed by atoms with Gasteiger partial charge in [0.2, 0.25) is 0 Å². The van der Waals surface area contributed by atoms with Crippen LogP contribution in [-0.2, 0) is 6.54 Å². The summed E-state index contributed by atoms with van der Waals surface area (Å²) < 4.78 is 1.60. The van der Waals surface area contributed by atoms with Gasteiger partial charge in [0.25, 0.3) is 0 Å². The second-order valence-corrected chi connectivity index (χ2v) is 6.15. The summed E-state index contributed by atoms with van der Waals surface area (Å²) in [4.78, 5) is 24.1. The number of imidazole rings is 1. The number of anilines is 1. The van der Waals surface area contributed by atoms with Gasteiger partial charge in [-0.3, -0.25) is 9.99 Å². The minimum atomic E-state index is -0.238. The summed E-state index contributed by atoms with van der Waals surface area (Å²) in [7, 11) is 0. The molecule has 0 radical (unpaired) electrons. The fourth-order valence-electron chi connectivity index (χ4n) is 3.03. The molecule has 1 fully saturated rings. The van der Waals surface area contributed by atoms with Gasteiger partial charge in [-0.1, -0.05) is 37.3 Å². The molecule has 2 unspecified atom stereocenters. The summed E-state index contributed by atoms with van der Waals surface area (Å²) in [6, 6.07) is 9.74. The van der Waals surface area contributed by atoms with Crippen LogP contribution in [0.2, 0.25) is 0 Å². The molecule has 5 N–H and O–H groups in total. The molecule has 2 aromatic heterocycles. The third kappa shape index (κ3) is 2.45. The second kappa shape index (κ2) is 5.73. The van der Waals surface area contributed by atoms with E-state index in [1.807, 2.05) is 30.3 Å². The summed E-state index contributed by atoms with van der Waals surface area (Å²) in [5.74, 6) is 1.22. The first-order valence-electron chi connectivity index (χ1n) is 7.91. The van der Waals surface area contributed by atoms with Gasteiger partial charge in [0.1, 0.15) is 5.52 Å². The normalized spacial score (nSPS) is 20.7. The second-order valence-electron chi connectivity index (χ2n) is 6.15. The van der Waals surface area contributed by atoms with Crippen LogP contribution in [0.15, 0.2) is 35.1 Å². The van der Waals surface area contributed by atoms with Crippen LogP contribution in [0.5, 0.6) is 0 Å². The zero-order chi connectivity index (χ0) is 16.7. The molecule has 1 saturated heterocycles. The van der Waals surface area contributed by atoms with Crippen molar-refractivity contribution in [3.05, 3.63) is 52.2 Å². The van der Waals surface area contributed by atoms with Crippen LogP contribution in [0.4, 0.5) is 5.82 Å². The van der Waals surface area contributed by atoms with E-state index in [1.54, 1.807) is 4.57 Å². The Morgan fingerprint density at radius 2 is 2.08 bits per heavy atom. The van der Waals surface area contributed by atoms with Gasteiger partial charge >= 0.3 is 5.69 Å². The maximum absolute atomic E-state index is 12.3. The average Bonchev–Trinajstić information content (AvgIpc) is 3.13. The molecule has 24 heavy (non-hydrogen) atoms. The van der Waals surface area contributed by atoms with E-state index in [0.29, 0.717) is 35.3 Å². The van der Waals surface area contributed by atoms with E-state index in [2.05, 4.69) is 32.7 Å². The van der Waals surface area contributed by atoms with E-state index in [1.165, 1.54) is 0 Å². The zero-order valence-electron chi connectivity index (χ0n) is 13.3. The van der Waals surface area contributed by atoms with E-state index in [-0.39, 0.29) is 11.7 Å². The Labute approximate surface area is 138 Å². The molecular formula is C16H19N7O. The first-order chi connectivity index (χ1) is 11.6. The highest BCUT2D eigenvalue weighted by atomic mass is 16.1. The van der Waals surface area contributed by atoms with Crippen molar-refractivity contribution in [2.75, 3.05) is 12.3 Å². The Kier molecular flexibility index (Phi) is 3.55. The van der Waals surface area contributed by atoms with Crippen LogP contribution < -0.4 is 22.3 Å². The number of nitrogen functional groups attached to an aromatic ring is 1. The summed E-state index contributed by atoms with van der Waals surface area (Å²) in [5, 5.41) is 0. The van der Waals surface area contributed by atoms with Gasteiger partial charge in [-0.05, 0) is 11.5 Å². The van der Waals surface area contributed by atoms with E-state index >= 15 is 0 Å². The molecule has 0 amide bonds. The number of fused-ring (bicyclic) bond motifs is 1. The van der Waals surface area contributed by atoms with Crippen molar-refractivity contribution in [3.8, 4) is 0 Å². The lowest BCUT2D eigenvalue weighted by Crippen LogP contribution is -2.26. The Hall–Kier alpha value is -2.71. The highest BCUT2D eigenvalue weighted by Gasteiger charge is 2.28. The molecule has 0 spiro atoms. The third-order valence-corrected chi connectivity index (χ3v) is 4.38. The summed E-state index contributed by atoms with van der Waals surface area (Å²) in [6.07, 6.45) is 0. The van der Waals surface area contributed by atoms with E-state index in [9.17, 15) is 4.79 Å². The van der Waals surface area contributed by atoms with Gasteiger partial charge in [-0.15, -0.1) is 0 Å². The number of rotatable bonds is 3. The molecule has 4 rings (SSSR count). The van der Waals surface area contributed by atoms with Crippen molar-refractivity contribution in [1.29, 1.82) is 0 Å². The number of nitrogens with zero attached hydrogens (tertiary/aromatic N) is 3. The van der Waals surface area contributed by atoms with Crippen molar-refractivity contribution < 1.29 is 0 Å². The molecule has 3 heterocycles. The quantitative estimate of drug-likeness (QED) is 0.559. The monoisotopic (exact) mass is 325 g/mol. The largest absolute Gasteiger partial charge is 0.382 e. The third-order valence-electron chi connectivity index (χ3n) is 4.38. The average molecular weight is 325 g/mol. The minimum absolute atomic E-state index is 0.0353. The van der Waals surface area contributed by atoms with Crippen LogP contribution in [-0.4, -0.2) is 26.1 Å². The molecule has 124 valence electrons. The van der Waals surface area contributed by atoms with Gasteiger partial charge < -0.3 is 10.7 Å². The van der Waals surface area contributed by atoms with Crippen LogP contribution in [0.3, 0.4) is 0 Å². The lowest BCUT2D eigenvalue weighted by Gasteiger charge is -2.13. The van der Waals surface area contributed by atoms with Gasteiger partial charge in [0, 0.05) is 6.54 Å². The number of nitrogens with one attached hydrogen (secondary N) is 3. The topological polar surface area (TPSA) is 114 Å². The van der Waals surface area contributed by atoms with Crippen molar-refractivity contribution in [2.45, 2.75) is 19.5 Å². The number of aromatic amines is 1. The van der Waals surface area contributed by atoms with Gasteiger partial charge in [-0.2, -0.15) is 0 Å². The molecule has 8 heteroatoms.